The van der Waals surface area contributed by atoms with Crippen LogP contribution >= 0.6 is 0 Å². The Morgan fingerprint density at radius 2 is 2.25 bits per heavy atom. The molecule has 2 heterocycles. The SMILES string of the molecule is CC1(C(=O)NCCCn2cccn2)CC(c2ccccc2F)=NO1. The van der Waals surface area contributed by atoms with E-state index < -0.39 is 5.60 Å². The summed E-state index contributed by atoms with van der Waals surface area (Å²) in [5, 5.41) is 10.9. The number of nitrogens with zero attached hydrogens (tertiary/aromatic N) is 3. The molecule has 24 heavy (non-hydrogen) atoms. The fourth-order valence-electron chi connectivity index (χ4n) is 2.56. The molecule has 1 atom stereocenters. The van der Waals surface area contributed by atoms with Gasteiger partial charge in [0.1, 0.15) is 5.82 Å². The third kappa shape index (κ3) is 3.45. The molecule has 7 heteroatoms. The van der Waals surface area contributed by atoms with Gasteiger partial charge < -0.3 is 10.2 Å². The molecule has 1 unspecified atom stereocenters. The molecular weight excluding hydrogens is 311 g/mol. The zero-order valence-electron chi connectivity index (χ0n) is 13.4. The number of rotatable bonds is 6. The van der Waals surface area contributed by atoms with Crippen LogP contribution in [-0.4, -0.2) is 33.5 Å². The van der Waals surface area contributed by atoms with Crippen molar-refractivity contribution >= 4 is 11.6 Å². The molecule has 0 radical (unpaired) electrons. The van der Waals surface area contributed by atoms with Crippen molar-refractivity contribution in [3.05, 3.63) is 54.1 Å². The largest absolute Gasteiger partial charge is 0.379 e. The molecule has 1 aromatic carbocycles. The Hall–Kier alpha value is -2.70. The van der Waals surface area contributed by atoms with Gasteiger partial charge in [-0.25, -0.2) is 4.39 Å². The van der Waals surface area contributed by atoms with Crippen LogP contribution in [-0.2, 0) is 16.2 Å². The monoisotopic (exact) mass is 330 g/mol. The minimum atomic E-state index is -1.11. The summed E-state index contributed by atoms with van der Waals surface area (Å²) in [6.45, 7) is 2.89. The molecule has 1 N–H and O–H groups in total. The van der Waals surface area contributed by atoms with Gasteiger partial charge in [-0.3, -0.25) is 9.48 Å². The van der Waals surface area contributed by atoms with E-state index in [1.54, 1.807) is 36.0 Å². The summed E-state index contributed by atoms with van der Waals surface area (Å²) in [4.78, 5) is 17.7. The molecule has 126 valence electrons. The summed E-state index contributed by atoms with van der Waals surface area (Å²) >= 11 is 0. The average Bonchev–Trinajstić information content (AvgIpc) is 3.22. The normalized spacial score (nSPS) is 19.7. The number of amides is 1. The molecule has 0 bridgehead atoms. The van der Waals surface area contributed by atoms with E-state index >= 15 is 0 Å². The first-order valence-electron chi connectivity index (χ1n) is 7.84. The topological polar surface area (TPSA) is 68.5 Å². The van der Waals surface area contributed by atoms with Gasteiger partial charge in [-0.1, -0.05) is 23.4 Å². The van der Waals surface area contributed by atoms with E-state index in [1.807, 2.05) is 12.3 Å². The molecule has 1 aromatic heterocycles. The Morgan fingerprint density at radius 3 is 3.00 bits per heavy atom. The van der Waals surface area contributed by atoms with E-state index in [9.17, 15) is 9.18 Å². The number of aryl methyl sites for hydroxylation is 1. The maximum Gasteiger partial charge on any atom is 0.267 e. The maximum atomic E-state index is 13.8. The Bertz CT molecular complexity index is 745. The smallest absolute Gasteiger partial charge is 0.267 e. The summed E-state index contributed by atoms with van der Waals surface area (Å²) in [6.07, 6.45) is 4.58. The van der Waals surface area contributed by atoms with Crippen LogP contribution < -0.4 is 5.32 Å². The van der Waals surface area contributed by atoms with Gasteiger partial charge in [0.15, 0.2) is 0 Å². The molecule has 1 aliphatic rings. The zero-order valence-corrected chi connectivity index (χ0v) is 13.4. The lowest BCUT2D eigenvalue weighted by molar-refractivity contribution is -0.141. The molecule has 6 nitrogen and oxygen atoms in total. The van der Waals surface area contributed by atoms with Gasteiger partial charge in [0.25, 0.3) is 5.91 Å². The van der Waals surface area contributed by atoms with Gasteiger partial charge in [0, 0.05) is 37.5 Å². The lowest BCUT2D eigenvalue weighted by Gasteiger charge is -2.20. The van der Waals surface area contributed by atoms with Gasteiger partial charge in [-0.2, -0.15) is 5.10 Å². The van der Waals surface area contributed by atoms with Crippen LogP contribution in [0.25, 0.3) is 0 Å². The third-order valence-corrected chi connectivity index (χ3v) is 3.94. The summed E-state index contributed by atoms with van der Waals surface area (Å²) in [5.41, 5.74) is -0.293. The predicted octanol–water partition coefficient (Wildman–Crippen LogP) is 2.11. The second-order valence-corrected chi connectivity index (χ2v) is 5.90. The standard InChI is InChI=1S/C17H19FN4O2/c1-17(16(23)19-8-4-10-22-11-5-9-20-22)12-15(21-24-17)13-6-2-3-7-14(13)18/h2-3,5-7,9,11H,4,8,10,12H2,1H3,(H,19,23). The van der Waals surface area contributed by atoms with E-state index in [0.29, 0.717) is 17.8 Å². The summed E-state index contributed by atoms with van der Waals surface area (Å²) in [5.74, 6) is -0.623. The molecule has 2 aromatic rings. The highest BCUT2D eigenvalue weighted by molar-refractivity contribution is 6.05. The number of carbonyl (C=O) groups is 1. The molecule has 1 aliphatic heterocycles. The van der Waals surface area contributed by atoms with Crippen LogP contribution in [0.3, 0.4) is 0 Å². The maximum absolute atomic E-state index is 13.8. The molecule has 0 spiro atoms. The Morgan fingerprint density at radius 1 is 1.42 bits per heavy atom. The first kappa shape index (κ1) is 16.2. The minimum Gasteiger partial charge on any atom is -0.379 e. The fourth-order valence-corrected chi connectivity index (χ4v) is 2.56. The highest BCUT2D eigenvalue weighted by Gasteiger charge is 2.42. The molecular formula is C17H19FN4O2. The Kier molecular flexibility index (Phi) is 4.59. The number of hydrogen-bond donors (Lipinski definition) is 1. The van der Waals surface area contributed by atoms with Gasteiger partial charge in [0.05, 0.1) is 5.71 Å². The van der Waals surface area contributed by atoms with Crippen molar-refractivity contribution < 1.29 is 14.0 Å². The van der Waals surface area contributed by atoms with E-state index in [2.05, 4.69) is 15.6 Å². The van der Waals surface area contributed by atoms with Gasteiger partial charge in [-0.05, 0) is 25.5 Å². The van der Waals surface area contributed by atoms with Gasteiger partial charge in [0.2, 0.25) is 5.60 Å². The van der Waals surface area contributed by atoms with Crippen molar-refractivity contribution in [1.29, 1.82) is 0 Å². The Labute approximate surface area is 139 Å². The lowest BCUT2D eigenvalue weighted by atomic mass is 9.95. The van der Waals surface area contributed by atoms with Crippen LogP contribution in [0.2, 0.25) is 0 Å². The minimum absolute atomic E-state index is 0.235. The third-order valence-electron chi connectivity index (χ3n) is 3.94. The zero-order chi connectivity index (χ0) is 17.0. The summed E-state index contributed by atoms with van der Waals surface area (Å²) < 4.78 is 15.6. The van der Waals surface area contributed by atoms with E-state index in [0.717, 1.165) is 13.0 Å². The van der Waals surface area contributed by atoms with E-state index in [-0.39, 0.29) is 18.1 Å². The molecule has 0 aliphatic carbocycles. The van der Waals surface area contributed by atoms with E-state index in [4.69, 9.17) is 4.84 Å². The van der Waals surface area contributed by atoms with Crippen LogP contribution in [0.5, 0.6) is 0 Å². The first-order chi connectivity index (χ1) is 11.6. The average molecular weight is 330 g/mol. The van der Waals surface area contributed by atoms with Crippen LogP contribution in [0, 0.1) is 5.82 Å². The molecule has 0 fully saturated rings. The van der Waals surface area contributed by atoms with Crippen LogP contribution in [0.4, 0.5) is 4.39 Å². The Balaban J connectivity index is 1.51. The van der Waals surface area contributed by atoms with Crippen molar-refractivity contribution in [1.82, 2.24) is 15.1 Å². The van der Waals surface area contributed by atoms with Gasteiger partial charge >= 0.3 is 0 Å². The summed E-state index contributed by atoms with van der Waals surface area (Å²) in [6, 6.07) is 8.19. The second kappa shape index (κ2) is 6.82. The number of hydrogen-bond acceptors (Lipinski definition) is 4. The number of benzene rings is 1. The van der Waals surface area contributed by atoms with E-state index in [1.165, 1.54) is 6.07 Å². The van der Waals surface area contributed by atoms with Gasteiger partial charge in [-0.15, -0.1) is 0 Å². The van der Waals surface area contributed by atoms with Crippen molar-refractivity contribution in [2.45, 2.75) is 31.9 Å². The number of nitrogens with one attached hydrogen (secondary N) is 1. The fraction of sp³-hybridized carbons (Fsp3) is 0.353. The highest BCUT2D eigenvalue weighted by Crippen LogP contribution is 2.27. The van der Waals surface area contributed by atoms with Crippen molar-refractivity contribution in [2.24, 2.45) is 5.16 Å². The van der Waals surface area contributed by atoms with Crippen LogP contribution in [0.15, 0.2) is 47.9 Å². The van der Waals surface area contributed by atoms with Crippen molar-refractivity contribution in [3.8, 4) is 0 Å². The number of carbonyl (C=O) groups excluding carboxylic acids is 1. The first-order valence-corrected chi connectivity index (χ1v) is 7.84. The van der Waals surface area contributed by atoms with Crippen molar-refractivity contribution in [3.63, 3.8) is 0 Å². The number of aromatic nitrogens is 2. The quantitative estimate of drug-likeness (QED) is 0.825. The number of halogens is 1. The second-order valence-electron chi connectivity index (χ2n) is 5.90. The number of oxime groups is 1. The highest BCUT2D eigenvalue weighted by atomic mass is 19.1. The molecule has 1 amide bonds. The predicted molar refractivity (Wildman–Crippen MR) is 86.9 cm³/mol. The molecule has 0 saturated heterocycles. The molecule has 3 rings (SSSR count). The lowest BCUT2D eigenvalue weighted by Crippen LogP contribution is -2.45. The van der Waals surface area contributed by atoms with Crippen LogP contribution in [0.1, 0.15) is 25.3 Å². The molecule has 0 saturated carbocycles. The van der Waals surface area contributed by atoms with Crippen molar-refractivity contribution in [2.75, 3.05) is 6.54 Å². The summed E-state index contributed by atoms with van der Waals surface area (Å²) in [7, 11) is 0.